The number of aromatic nitrogens is 2. The lowest BCUT2D eigenvalue weighted by Crippen LogP contribution is -2.00. The van der Waals surface area contributed by atoms with Gasteiger partial charge in [0.25, 0.3) is 0 Å². The fourth-order valence-corrected chi connectivity index (χ4v) is 4.08. The lowest BCUT2D eigenvalue weighted by molar-refractivity contribution is -0.110. The van der Waals surface area contributed by atoms with Gasteiger partial charge in [0, 0.05) is 29.2 Å². The van der Waals surface area contributed by atoms with Crippen molar-refractivity contribution in [3.63, 3.8) is 0 Å². The van der Waals surface area contributed by atoms with Crippen LogP contribution in [-0.4, -0.2) is 19.5 Å². The van der Waals surface area contributed by atoms with Gasteiger partial charge in [0.1, 0.15) is 10.8 Å². The number of fused-ring (bicyclic) bond motifs is 1. The molecule has 3 aromatic rings. The molecule has 2 heterocycles. The van der Waals surface area contributed by atoms with E-state index >= 15 is 0 Å². The highest BCUT2D eigenvalue weighted by molar-refractivity contribution is 8.00. The van der Waals surface area contributed by atoms with Gasteiger partial charge in [-0.2, -0.15) is 5.10 Å². The molecule has 0 fully saturated rings. The first-order valence-electron chi connectivity index (χ1n) is 7.71. The van der Waals surface area contributed by atoms with Crippen LogP contribution in [0.1, 0.15) is 11.1 Å². The van der Waals surface area contributed by atoms with Crippen molar-refractivity contribution in [2.75, 3.05) is 5.32 Å². The highest BCUT2D eigenvalue weighted by Gasteiger charge is 2.26. The Morgan fingerprint density at radius 1 is 1.20 bits per heavy atom. The molecule has 1 aliphatic rings. The molecule has 0 saturated heterocycles. The molecule has 25 heavy (non-hydrogen) atoms. The molecular weight excluding hydrogens is 358 g/mol. The minimum absolute atomic E-state index is 0.230. The van der Waals surface area contributed by atoms with Gasteiger partial charge < -0.3 is 5.32 Å². The predicted molar refractivity (Wildman–Crippen MR) is 97.9 cm³/mol. The third-order valence-electron chi connectivity index (χ3n) is 4.14. The van der Waals surface area contributed by atoms with Crippen molar-refractivity contribution < 1.29 is 9.00 Å². The summed E-state index contributed by atoms with van der Waals surface area (Å²) in [6.45, 7) is 0.574. The number of benzene rings is 2. The molecule has 0 radical (unpaired) electrons. The number of carbonyl (C=O) groups excluding carboxylic acids is 1. The van der Waals surface area contributed by atoms with Gasteiger partial charge in [-0.3, -0.25) is 9.89 Å². The highest BCUT2D eigenvalue weighted by Crippen LogP contribution is 2.28. The van der Waals surface area contributed by atoms with E-state index in [1.54, 1.807) is 12.3 Å². The Morgan fingerprint density at radius 2 is 2.00 bits per heavy atom. The molecule has 0 saturated carbocycles. The molecule has 0 amide bonds. The number of anilines is 1. The molecule has 5 nitrogen and oxygen atoms in total. The molecular formula is C18H14ClN3O2S. The molecule has 1 aromatic heterocycles. The van der Waals surface area contributed by atoms with Crippen molar-refractivity contribution >= 4 is 33.2 Å². The average molecular weight is 372 g/mol. The van der Waals surface area contributed by atoms with E-state index in [9.17, 15) is 9.00 Å². The van der Waals surface area contributed by atoms with Crippen molar-refractivity contribution in [1.82, 2.24) is 10.2 Å². The van der Waals surface area contributed by atoms with Crippen LogP contribution < -0.4 is 5.32 Å². The van der Waals surface area contributed by atoms with E-state index in [1.165, 1.54) is 0 Å². The van der Waals surface area contributed by atoms with Gasteiger partial charge in [-0.1, -0.05) is 23.7 Å². The van der Waals surface area contributed by atoms with Crippen LogP contribution in [0.15, 0.2) is 53.6 Å². The third kappa shape index (κ3) is 3.10. The average Bonchev–Trinajstić information content (AvgIpc) is 3.19. The van der Waals surface area contributed by atoms with Crippen LogP contribution in [-0.2, 0) is 28.6 Å². The first-order valence-corrected chi connectivity index (χ1v) is 9.24. The molecule has 126 valence electrons. The first-order chi connectivity index (χ1) is 12.1. The number of hydrogen-bond donors (Lipinski definition) is 2. The van der Waals surface area contributed by atoms with E-state index in [4.69, 9.17) is 11.6 Å². The van der Waals surface area contributed by atoms with Gasteiger partial charge in [0.2, 0.25) is 5.12 Å². The van der Waals surface area contributed by atoms with Crippen molar-refractivity contribution in [3.05, 3.63) is 64.8 Å². The maximum atomic E-state index is 11.8. The van der Waals surface area contributed by atoms with E-state index in [-0.39, 0.29) is 11.5 Å². The Bertz CT molecular complexity index is 982. The highest BCUT2D eigenvalue weighted by atomic mass is 35.5. The van der Waals surface area contributed by atoms with Crippen LogP contribution in [0.3, 0.4) is 0 Å². The van der Waals surface area contributed by atoms with Gasteiger partial charge >= 0.3 is 0 Å². The molecule has 4 rings (SSSR count). The lowest BCUT2D eigenvalue weighted by atomic mass is 10.1. The first kappa shape index (κ1) is 16.1. The van der Waals surface area contributed by atoms with E-state index in [0.717, 1.165) is 28.1 Å². The second kappa shape index (κ2) is 6.46. The van der Waals surface area contributed by atoms with Gasteiger partial charge in [-0.25, -0.2) is 4.21 Å². The number of nitrogens with zero attached hydrogens (tertiary/aromatic N) is 1. The Morgan fingerprint density at radius 3 is 2.80 bits per heavy atom. The Labute approximate surface area is 151 Å². The summed E-state index contributed by atoms with van der Waals surface area (Å²) in [4.78, 5) is 12.2. The molecule has 0 aliphatic carbocycles. The number of carbonyl (C=O) groups is 1. The molecule has 0 spiro atoms. The number of aromatic amines is 1. The Balaban J connectivity index is 1.53. The second-order valence-electron chi connectivity index (χ2n) is 5.77. The van der Waals surface area contributed by atoms with Crippen LogP contribution in [0.25, 0.3) is 11.3 Å². The van der Waals surface area contributed by atoms with Gasteiger partial charge in [0.15, 0.2) is 0 Å². The smallest absolute Gasteiger partial charge is 0.228 e. The van der Waals surface area contributed by atoms with E-state index in [1.807, 2.05) is 36.4 Å². The van der Waals surface area contributed by atoms with Crippen molar-refractivity contribution in [2.24, 2.45) is 0 Å². The van der Waals surface area contributed by atoms with E-state index in [2.05, 4.69) is 15.5 Å². The fourth-order valence-electron chi connectivity index (χ4n) is 2.86. The van der Waals surface area contributed by atoms with E-state index < -0.39 is 10.8 Å². The third-order valence-corrected chi connectivity index (χ3v) is 5.74. The maximum Gasteiger partial charge on any atom is 0.228 e. The summed E-state index contributed by atoms with van der Waals surface area (Å²) >= 11 is 5.94. The quantitative estimate of drug-likeness (QED) is 0.735. The molecule has 0 bridgehead atoms. The summed E-state index contributed by atoms with van der Waals surface area (Å²) in [6.07, 6.45) is 2.02. The van der Waals surface area contributed by atoms with Crippen LogP contribution in [0.4, 0.5) is 5.69 Å². The molecule has 2 N–H and O–H groups in total. The summed E-state index contributed by atoms with van der Waals surface area (Å²) in [7, 11) is -1.51. The van der Waals surface area contributed by atoms with Crippen LogP contribution in [0, 0.1) is 0 Å². The Kier molecular flexibility index (Phi) is 4.15. The zero-order chi connectivity index (χ0) is 17.4. The molecule has 2 aromatic carbocycles. The SMILES string of the molecule is O=C1Cc2cc(NCc3cn[nH]c3-c3ccc(Cl)cc3)ccc2S1=O. The molecule has 1 unspecified atom stereocenters. The summed E-state index contributed by atoms with van der Waals surface area (Å²) < 4.78 is 11.8. The molecule has 1 atom stereocenters. The normalized spacial score (nSPS) is 16.0. The number of hydrogen-bond acceptors (Lipinski definition) is 4. The van der Waals surface area contributed by atoms with Crippen molar-refractivity contribution in [3.8, 4) is 11.3 Å². The number of H-pyrrole nitrogens is 1. The van der Waals surface area contributed by atoms with Crippen molar-refractivity contribution in [2.45, 2.75) is 17.9 Å². The number of halogens is 1. The number of rotatable bonds is 4. The topological polar surface area (TPSA) is 74.8 Å². The van der Waals surface area contributed by atoms with E-state index in [0.29, 0.717) is 16.5 Å². The minimum atomic E-state index is -1.51. The monoisotopic (exact) mass is 371 g/mol. The largest absolute Gasteiger partial charge is 0.381 e. The maximum absolute atomic E-state index is 11.8. The summed E-state index contributed by atoms with van der Waals surface area (Å²) in [5, 5.41) is 10.9. The van der Waals surface area contributed by atoms with Crippen LogP contribution in [0.2, 0.25) is 5.02 Å². The van der Waals surface area contributed by atoms with Crippen molar-refractivity contribution in [1.29, 1.82) is 0 Å². The standard InChI is InChI=1S/C18H14ClN3O2S/c19-14-3-1-11(2-4-14)18-13(10-21-22-18)9-20-15-5-6-16-12(7-15)8-17(23)25(16)24/h1-7,10,20H,8-9H2,(H,21,22). The lowest BCUT2D eigenvalue weighted by Gasteiger charge is -2.08. The minimum Gasteiger partial charge on any atom is -0.381 e. The van der Waals surface area contributed by atoms with Crippen LogP contribution >= 0.6 is 11.6 Å². The van der Waals surface area contributed by atoms with Gasteiger partial charge in [-0.05, 0) is 41.5 Å². The summed E-state index contributed by atoms with van der Waals surface area (Å²) in [6, 6.07) is 13.1. The second-order valence-corrected chi connectivity index (χ2v) is 7.64. The summed E-state index contributed by atoms with van der Waals surface area (Å²) in [5.74, 6) is 0. The summed E-state index contributed by atoms with van der Waals surface area (Å²) in [5.41, 5.74) is 4.67. The number of nitrogens with one attached hydrogen (secondary N) is 2. The zero-order valence-corrected chi connectivity index (χ0v) is 14.7. The van der Waals surface area contributed by atoms with Gasteiger partial charge in [0.05, 0.1) is 16.8 Å². The molecule has 1 aliphatic heterocycles. The van der Waals surface area contributed by atoms with Crippen LogP contribution in [0.5, 0.6) is 0 Å². The molecule has 7 heteroatoms. The van der Waals surface area contributed by atoms with Gasteiger partial charge in [-0.15, -0.1) is 0 Å². The predicted octanol–water partition coefficient (Wildman–Crippen LogP) is 3.53. The Hall–Kier alpha value is -2.44. The fraction of sp³-hybridized carbons (Fsp3) is 0.111. The zero-order valence-electron chi connectivity index (χ0n) is 13.1.